The van der Waals surface area contributed by atoms with Gasteiger partial charge in [-0.1, -0.05) is 11.6 Å². The molecule has 2 aromatic heterocycles. The highest BCUT2D eigenvalue weighted by molar-refractivity contribution is 7.19. The Kier molecular flexibility index (Phi) is 3.44. The van der Waals surface area contributed by atoms with Gasteiger partial charge in [0.2, 0.25) is 5.95 Å². The van der Waals surface area contributed by atoms with Crippen LogP contribution in [-0.2, 0) is 0 Å². The third-order valence-electron chi connectivity index (χ3n) is 1.77. The Morgan fingerprint density at radius 1 is 1.29 bits per heavy atom. The lowest BCUT2D eigenvalue weighted by molar-refractivity contribution is 0.222. The Morgan fingerprint density at radius 3 is 2.65 bits per heavy atom. The first-order valence-corrected chi connectivity index (χ1v) is 6.18. The molecule has 2 N–H and O–H groups in total. The molecule has 0 atom stereocenters. The molecule has 0 bridgehead atoms. The summed E-state index contributed by atoms with van der Waals surface area (Å²) in [5.41, 5.74) is 5.61. The van der Waals surface area contributed by atoms with Gasteiger partial charge in [0, 0.05) is 0 Å². The summed E-state index contributed by atoms with van der Waals surface area (Å²) in [6.07, 6.45) is -0.0171. The lowest BCUT2D eigenvalue weighted by atomic mass is 10.4. The van der Waals surface area contributed by atoms with Gasteiger partial charge in [0.25, 0.3) is 0 Å². The van der Waals surface area contributed by atoms with E-state index >= 15 is 0 Å². The molecule has 0 aliphatic rings. The number of nitrogens with two attached hydrogens (primary N) is 1. The highest BCUT2D eigenvalue weighted by atomic mass is 35.5. The van der Waals surface area contributed by atoms with E-state index in [0.29, 0.717) is 10.2 Å². The zero-order valence-electron chi connectivity index (χ0n) is 9.35. The summed E-state index contributed by atoms with van der Waals surface area (Å²) in [4.78, 5) is 13.0. The van der Waals surface area contributed by atoms with Crippen LogP contribution in [0.15, 0.2) is 12.1 Å². The van der Waals surface area contributed by atoms with E-state index in [0.717, 1.165) is 4.88 Å². The van der Waals surface area contributed by atoms with E-state index in [-0.39, 0.29) is 18.1 Å². The zero-order chi connectivity index (χ0) is 12.4. The normalized spacial score (nSPS) is 10.8. The first-order chi connectivity index (χ1) is 8.04. The highest BCUT2D eigenvalue weighted by Crippen LogP contribution is 2.29. The SMILES string of the molecule is CC(C)Oc1nc(N)nc(-c2ccc(Cl)s2)n1. The lowest BCUT2D eigenvalue weighted by Crippen LogP contribution is -2.10. The molecule has 5 nitrogen and oxygen atoms in total. The number of rotatable bonds is 3. The number of ether oxygens (including phenoxy) is 1. The maximum atomic E-state index is 5.86. The van der Waals surface area contributed by atoms with Crippen LogP contribution in [0.5, 0.6) is 6.01 Å². The second kappa shape index (κ2) is 4.85. The predicted octanol–water partition coefficient (Wildman–Crippen LogP) is 2.62. The zero-order valence-corrected chi connectivity index (χ0v) is 10.9. The Morgan fingerprint density at radius 2 is 2.06 bits per heavy atom. The molecule has 17 heavy (non-hydrogen) atoms. The fourth-order valence-electron chi connectivity index (χ4n) is 1.18. The monoisotopic (exact) mass is 270 g/mol. The number of nitrogens with zero attached hydrogens (tertiary/aromatic N) is 3. The number of thiophene rings is 1. The Balaban J connectivity index is 2.37. The predicted molar refractivity (Wildman–Crippen MR) is 68.3 cm³/mol. The van der Waals surface area contributed by atoms with Crippen LogP contribution in [0, 0.1) is 0 Å². The van der Waals surface area contributed by atoms with Gasteiger partial charge in [-0.15, -0.1) is 11.3 Å². The Hall–Kier alpha value is -1.40. The fourth-order valence-corrected chi connectivity index (χ4v) is 2.16. The minimum Gasteiger partial charge on any atom is -0.461 e. The van der Waals surface area contributed by atoms with E-state index in [1.54, 1.807) is 6.07 Å². The summed E-state index contributed by atoms with van der Waals surface area (Å²) in [5, 5.41) is 0. The quantitative estimate of drug-likeness (QED) is 0.928. The largest absolute Gasteiger partial charge is 0.461 e. The molecule has 2 aromatic rings. The Labute approximate surface area is 108 Å². The van der Waals surface area contributed by atoms with E-state index in [1.165, 1.54) is 11.3 Å². The third kappa shape index (κ3) is 3.04. The molecule has 0 saturated carbocycles. The molecule has 0 spiro atoms. The van der Waals surface area contributed by atoms with Gasteiger partial charge in [0.1, 0.15) is 0 Å². The first-order valence-electron chi connectivity index (χ1n) is 4.98. The summed E-state index contributed by atoms with van der Waals surface area (Å²) < 4.78 is 6.06. The van der Waals surface area contributed by atoms with Crippen LogP contribution in [0.2, 0.25) is 4.34 Å². The average Bonchev–Trinajstić information content (AvgIpc) is 2.62. The molecule has 0 fully saturated rings. The lowest BCUT2D eigenvalue weighted by Gasteiger charge is -2.08. The summed E-state index contributed by atoms with van der Waals surface area (Å²) in [7, 11) is 0. The van der Waals surface area contributed by atoms with Crippen LogP contribution in [0.25, 0.3) is 10.7 Å². The molecule has 0 unspecified atom stereocenters. The van der Waals surface area contributed by atoms with Crippen molar-refractivity contribution >= 4 is 28.9 Å². The fraction of sp³-hybridized carbons (Fsp3) is 0.300. The highest BCUT2D eigenvalue weighted by Gasteiger charge is 2.10. The van der Waals surface area contributed by atoms with Crippen molar-refractivity contribution in [3.05, 3.63) is 16.5 Å². The van der Waals surface area contributed by atoms with E-state index in [1.807, 2.05) is 19.9 Å². The van der Waals surface area contributed by atoms with Gasteiger partial charge in [-0.05, 0) is 26.0 Å². The molecule has 0 saturated heterocycles. The number of anilines is 1. The maximum Gasteiger partial charge on any atom is 0.322 e. The van der Waals surface area contributed by atoms with Gasteiger partial charge in [0.15, 0.2) is 5.82 Å². The van der Waals surface area contributed by atoms with Crippen LogP contribution < -0.4 is 10.5 Å². The van der Waals surface area contributed by atoms with Crippen molar-refractivity contribution in [1.82, 2.24) is 15.0 Å². The van der Waals surface area contributed by atoms with E-state index < -0.39 is 0 Å². The van der Waals surface area contributed by atoms with Gasteiger partial charge in [-0.25, -0.2) is 0 Å². The summed E-state index contributed by atoms with van der Waals surface area (Å²) in [6.45, 7) is 3.78. The molecular weight excluding hydrogens is 260 g/mol. The van der Waals surface area contributed by atoms with Gasteiger partial charge >= 0.3 is 6.01 Å². The topological polar surface area (TPSA) is 73.9 Å². The number of nitrogen functional groups attached to an aromatic ring is 1. The second-order valence-corrected chi connectivity index (χ2v) is 5.29. The van der Waals surface area contributed by atoms with Crippen molar-refractivity contribution in [2.75, 3.05) is 5.73 Å². The summed E-state index contributed by atoms with van der Waals surface area (Å²) >= 11 is 7.24. The van der Waals surface area contributed by atoms with Crippen molar-refractivity contribution in [3.63, 3.8) is 0 Å². The summed E-state index contributed by atoms with van der Waals surface area (Å²) in [5.74, 6) is 0.611. The third-order valence-corrected chi connectivity index (χ3v) is 2.99. The standard InChI is InChI=1S/C10H11ClN4OS/c1-5(2)16-10-14-8(13-9(12)15-10)6-3-4-7(11)17-6/h3-5H,1-2H3,(H2,12,13,14,15). The minimum absolute atomic E-state index is 0.0171. The maximum absolute atomic E-state index is 5.86. The van der Waals surface area contributed by atoms with E-state index in [9.17, 15) is 0 Å². The molecule has 2 rings (SSSR count). The van der Waals surface area contributed by atoms with Crippen LogP contribution in [0.4, 0.5) is 5.95 Å². The molecule has 2 heterocycles. The number of halogens is 1. The molecule has 0 aliphatic carbocycles. The number of aromatic nitrogens is 3. The van der Waals surface area contributed by atoms with Crippen molar-refractivity contribution in [2.45, 2.75) is 20.0 Å². The molecule has 0 radical (unpaired) electrons. The van der Waals surface area contributed by atoms with E-state index in [4.69, 9.17) is 22.1 Å². The van der Waals surface area contributed by atoms with Gasteiger partial charge in [-0.2, -0.15) is 15.0 Å². The number of hydrogen-bond donors (Lipinski definition) is 1. The van der Waals surface area contributed by atoms with Crippen LogP contribution in [0.1, 0.15) is 13.8 Å². The van der Waals surface area contributed by atoms with Crippen molar-refractivity contribution < 1.29 is 4.74 Å². The summed E-state index contributed by atoms with van der Waals surface area (Å²) in [6, 6.07) is 3.85. The molecule has 0 aliphatic heterocycles. The minimum atomic E-state index is -0.0171. The smallest absolute Gasteiger partial charge is 0.322 e. The second-order valence-electron chi connectivity index (χ2n) is 3.57. The molecule has 7 heteroatoms. The average molecular weight is 271 g/mol. The van der Waals surface area contributed by atoms with Crippen molar-refractivity contribution in [2.24, 2.45) is 0 Å². The van der Waals surface area contributed by atoms with Gasteiger partial charge < -0.3 is 10.5 Å². The van der Waals surface area contributed by atoms with E-state index in [2.05, 4.69) is 15.0 Å². The molecule has 90 valence electrons. The number of hydrogen-bond acceptors (Lipinski definition) is 6. The first kappa shape index (κ1) is 12.1. The van der Waals surface area contributed by atoms with Crippen LogP contribution >= 0.6 is 22.9 Å². The van der Waals surface area contributed by atoms with Crippen LogP contribution in [0.3, 0.4) is 0 Å². The Bertz CT molecular complexity index is 529. The van der Waals surface area contributed by atoms with Crippen molar-refractivity contribution in [3.8, 4) is 16.7 Å². The molecule has 0 amide bonds. The molecular formula is C10H11ClN4OS. The van der Waals surface area contributed by atoms with Gasteiger partial charge in [0.05, 0.1) is 15.3 Å². The van der Waals surface area contributed by atoms with Gasteiger partial charge in [-0.3, -0.25) is 0 Å². The van der Waals surface area contributed by atoms with Crippen molar-refractivity contribution in [1.29, 1.82) is 0 Å². The molecule has 0 aromatic carbocycles. The van der Waals surface area contributed by atoms with Crippen LogP contribution in [-0.4, -0.2) is 21.1 Å².